The molecule has 5 heteroatoms. The van der Waals surface area contributed by atoms with Gasteiger partial charge in [-0.3, -0.25) is 9.59 Å². The van der Waals surface area contributed by atoms with E-state index in [4.69, 9.17) is 4.74 Å². The Bertz CT molecular complexity index is 674. The summed E-state index contributed by atoms with van der Waals surface area (Å²) in [5.74, 6) is 0.191. The van der Waals surface area contributed by atoms with E-state index in [1.807, 2.05) is 55.5 Å². The van der Waals surface area contributed by atoms with Crippen molar-refractivity contribution in [1.82, 2.24) is 10.2 Å². The molecule has 0 saturated carbocycles. The van der Waals surface area contributed by atoms with Crippen LogP contribution in [0.4, 0.5) is 0 Å². The molecule has 0 radical (unpaired) electrons. The van der Waals surface area contributed by atoms with Gasteiger partial charge in [-0.25, -0.2) is 0 Å². The van der Waals surface area contributed by atoms with Gasteiger partial charge in [0.15, 0.2) is 6.61 Å². The highest BCUT2D eigenvalue weighted by molar-refractivity contribution is 5.87. The molecule has 0 saturated heterocycles. The summed E-state index contributed by atoms with van der Waals surface area (Å²) in [5, 5.41) is 2.70. The minimum Gasteiger partial charge on any atom is -0.484 e. The molecule has 1 atom stereocenters. The third-order valence-electron chi connectivity index (χ3n) is 3.77. The first kappa shape index (κ1) is 18.5. The van der Waals surface area contributed by atoms with Crippen molar-refractivity contribution >= 4 is 11.8 Å². The number of nitrogens with zero attached hydrogens (tertiary/aromatic N) is 1. The molecule has 1 unspecified atom stereocenters. The molecule has 2 amide bonds. The summed E-state index contributed by atoms with van der Waals surface area (Å²) in [6, 6.07) is 18.3. The molecule has 0 aromatic heterocycles. The first-order valence-corrected chi connectivity index (χ1v) is 8.40. The molecule has 0 spiro atoms. The molecule has 2 aromatic rings. The van der Waals surface area contributed by atoms with Gasteiger partial charge in [0.2, 0.25) is 5.91 Å². The van der Waals surface area contributed by atoms with Crippen LogP contribution in [-0.2, 0) is 16.1 Å². The number of nitrogens with one attached hydrogen (secondary N) is 1. The summed E-state index contributed by atoms with van der Waals surface area (Å²) in [4.78, 5) is 26.3. The summed E-state index contributed by atoms with van der Waals surface area (Å²) in [6.45, 7) is 4.60. The highest BCUT2D eigenvalue weighted by Crippen LogP contribution is 2.08. The van der Waals surface area contributed by atoms with Gasteiger partial charge in [0.05, 0.1) is 0 Å². The van der Waals surface area contributed by atoms with E-state index in [9.17, 15) is 9.59 Å². The second-order valence-corrected chi connectivity index (χ2v) is 5.73. The van der Waals surface area contributed by atoms with E-state index >= 15 is 0 Å². The number of benzene rings is 2. The maximum Gasteiger partial charge on any atom is 0.258 e. The topological polar surface area (TPSA) is 58.6 Å². The summed E-state index contributed by atoms with van der Waals surface area (Å²) >= 11 is 0. The van der Waals surface area contributed by atoms with Crippen molar-refractivity contribution in [3.63, 3.8) is 0 Å². The number of hydrogen-bond acceptors (Lipinski definition) is 3. The maximum absolute atomic E-state index is 12.6. The minimum atomic E-state index is -0.601. The van der Waals surface area contributed by atoms with Crippen LogP contribution in [0.3, 0.4) is 0 Å². The van der Waals surface area contributed by atoms with E-state index < -0.39 is 6.04 Å². The lowest BCUT2D eigenvalue weighted by Gasteiger charge is -2.25. The number of ether oxygens (including phenoxy) is 1. The molecule has 2 aromatic carbocycles. The summed E-state index contributed by atoms with van der Waals surface area (Å²) in [5.41, 5.74) is 1.06. The van der Waals surface area contributed by atoms with Crippen LogP contribution in [0.25, 0.3) is 0 Å². The Hall–Kier alpha value is -2.82. The zero-order chi connectivity index (χ0) is 18.1. The van der Waals surface area contributed by atoms with Gasteiger partial charge in [0, 0.05) is 13.1 Å². The van der Waals surface area contributed by atoms with Crippen LogP contribution >= 0.6 is 0 Å². The first-order valence-electron chi connectivity index (χ1n) is 8.40. The molecule has 2 rings (SSSR count). The van der Waals surface area contributed by atoms with Crippen LogP contribution in [0, 0.1) is 0 Å². The number of hydrogen-bond donors (Lipinski definition) is 1. The molecule has 25 heavy (non-hydrogen) atoms. The van der Waals surface area contributed by atoms with Gasteiger partial charge in [0.1, 0.15) is 11.8 Å². The Kier molecular flexibility index (Phi) is 7.01. The van der Waals surface area contributed by atoms with Crippen molar-refractivity contribution in [3.05, 3.63) is 66.2 Å². The maximum atomic E-state index is 12.6. The zero-order valence-electron chi connectivity index (χ0n) is 14.6. The highest BCUT2D eigenvalue weighted by atomic mass is 16.5. The Morgan fingerprint density at radius 3 is 2.24 bits per heavy atom. The van der Waals surface area contributed by atoms with Crippen LogP contribution in [0.15, 0.2) is 60.7 Å². The quantitative estimate of drug-likeness (QED) is 0.804. The summed E-state index contributed by atoms with van der Waals surface area (Å²) in [7, 11) is 0. The van der Waals surface area contributed by atoms with Gasteiger partial charge in [-0.05, 0) is 31.5 Å². The lowest BCUT2D eigenvalue weighted by atomic mass is 10.2. The van der Waals surface area contributed by atoms with Crippen molar-refractivity contribution in [2.24, 2.45) is 0 Å². The lowest BCUT2D eigenvalue weighted by molar-refractivity contribution is -0.136. The lowest BCUT2D eigenvalue weighted by Crippen LogP contribution is -2.47. The third kappa shape index (κ3) is 5.95. The summed E-state index contributed by atoms with van der Waals surface area (Å²) < 4.78 is 5.39. The van der Waals surface area contributed by atoms with E-state index in [2.05, 4.69) is 5.32 Å². The highest BCUT2D eigenvalue weighted by Gasteiger charge is 2.21. The average Bonchev–Trinajstić information content (AvgIpc) is 2.65. The second kappa shape index (κ2) is 9.47. The number of carbonyl (C=O) groups is 2. The number of likely N-dealkylation sites (N-methyl/N-ethyl adjacent to an activating group) is 1. The Balaban J connectivity index is 1.84. The van der Waals surface area contributed by atoms with Gasteiger partial charge in [-0.1, -0.05) is 48.5 Å². The smallest absolute Gasteiger partial charge is 0.258 e. The number of para-hydroxylation sites is 1. The number of amides is 2. The number of carbonyl (C=O) groups excluding carboxylic acids is 2. The van der Waals surface area contributed by atoms with Gasteiger partial charge >= 0.3 is 0 Å². The standard InChI is InChI=1S/C20H24N2O3/c1-3-22(14-17-10-6-4-7-11-17)20(24)16(2)21-19(23)15-25-18-12-8-5-9-13-18/h4-13,16H,3,14-15H2,1-2H3,(H,21,23). The predicted octanol–water partition coefficient (Wildman–Crippen LogP) is 2.62. The van der Waals surface area contributed by atoms with E-state index in [1.165, 1.54) is 0 Å². The molecule has 0 heterocycles. The fourth-order valence-corrected chi connectivity index (χ4v) is 2.43. The van der Waals surface area contributed by atoms with Gasteiger partial charge in [-0.2, -0.15) is 0 Å². The van der Waals surface area contributed by atoms with Crippen molar-refractivity contribution in [3.8, 4) is 5.75 Å². The molecule has 0 aliphatic carbocycles. The minimum absolute atomic E-state index is 0.112. The van der Waals surface area contributed by atoms with Crippen LogP contribution in [-0.4, -0.2) is 35.9 Å². The van der Waals surface area contributed by atoms with Crippen LogP contribution in [0.5, 0.6) is 5.75 Å². The molecule has 0 aliphatic rings. The Morgan fingerprint density at radius 1 is 1.04 bits per heavy atom. The van der Waals surface area contributed by atoms with E-state index in [0.29, 0.717) is 18.8 Å². The van der Waals surface area contributed by atoms with Crippen LogP contribution < -0.4 is 10.1 Å². The van der Waals surface area contributed by atoms with Crippen molar-refractivity contribution in [1.29, 1.82) is 0 Å². The number of rotatable bonds is 8. The van der Waals surface area contributed by atoms with E-state index in [1.54, 1.807) is 24.0 Å². The molecule has 0 aliphatic heterocycles. The third-order valence-corrected chi connectivity index (χ3v) is 3.77. The van der Waals surface area contributed by atoms with Gasteiger partial charge in [-0.15, -0.1) is 0 Å². The normalized spacial score (nSPS) is 11.4. The van der Waals surface area contributed by atoms with Gasteiger partial charge in [0.25, 0.3) is 5.91 Å². The van der Waals surface area contributed by atoms with E-state index in [-0.39, 0.29) is 18.4 Å². The largest absolute Gasteiger partial charge is 0.484 e. The fourth-order valence-electron chi connectivity index (χ4n) is 2.43. The average molecular weight is 340 g/mol. The van der Waals surface area contributed by atoms with Crippen molar-refractivity contribution < 1.29 is 14.3 Å². The van der Waals surface area contributed by atoms with Crippen LogP contribution in [0.2, 0.25) is 0 Å². The molecule has 1 N–H and O–H groups in total. The molecule has 132 valence electrons. The molecule has 0 bridgehead atoms. The Morgan fingerprint density at radius 2 is 1.64 bits per heavy atom. The molecular formula is C20H24N2O3. The predicted molar refractivity (Wildman–Crippen MR) is 97.1 cm³/mol. The first-order chi connectivity index (χ1) is 12.1. The SMILES string of the molecule is CCN(Cc1ccccc1)C(=O)C(C)NC(=O)COc1ccccc1. The van der Waals surface area contributed by atoms with E-state index in [0.717, 1.165) is 5.56 Å². The van der Waals surface area contributed by atoms with Gasteiger partial charge < -0.3 is 15.0 Å². The van der Waals surface area contributed by atoms with Crippen LogP contribution in [0.1, 0.15) is 19.4 Å². The Labute approximate surface area is 148 Å². The monoisotopic (exact) mass is 340 g/mol. The molecule has 5 nitrogen and oxygen atoms in total. The van der Waals surface area contributed by atoms with Crippen molar-refractivity contribution in [2.75, 3.05) is 13.2 Å². The second-order valence-electron chi connectivity index (χ2n) is 5.73. The zero-order valence-corrected chi connectivity index (χ0v) is 14.6. The molecular weight excluding hydrogens is 316 g/mol. The van der Waals surface area contributed by atoms with Crippen molar-refractivity contribution in [2.45, 2.75) is 26.4 Å². The molecule has 0 fully saturated rings. The fraction of sp³-hybridized carbons (Fsp3) is 0.300. The summed E-state index contributed by atoms with van der Waals surface area (Å²) in [6.07, 6.45) is 0.